The van der Waals surface area contributed by atoms with Gasteiger partial charge in [0.05, 0.1) is 5.54 Å². The lowest BCUT2D eigenvalue weighted by atomic mass is 9.83. The van der Waals surface area contributed by atoms with E-state index in [1.54, 1.807) is 31.2 Å². The summed E-state index contributed by atoms with van der Waals surface area (Å²) in [5.41, 5.74) is 10.8. The van der Waals surface area contributed by atoms with Crippen LogP contribution in [-0.4, -0.2) is 27.7 Å². The van der Waals surface area contributed by atoms with Crippen LogP contribution in [0.5, 0.6) is 0 Å². The molecule has 1 aliphatic heterocycles. The van der Waals surface area contributed by atoms with Gasteiger partial charge in [0.2, 0.25) is 5.29 Å². The smallest absolute Gasteiger partial charge is 0.318 e. The van der Waals surface area contributed by atoms with E-state index in [2.05, 4.69) is 15.0 Å². The first-order valence-corrected chi connectivity index (χ1v) is 8.76. The third-order valence-corrected chi connectivity index (χ3v) is 5.21. The second-order valence-corrected chi connectivity index (χ2v) is 7.45. The predicted octanol–water partition coefficient (Wildman–Crippen LogP) is 3.42. The molecule has 0 bridgehead atoms. The molecule has 0 radical (unpaired) electrons. The Morgan fingerprint density at radius 3 is 2.42 bits per heavy atom. The van der Waals surface area contributed by atoms with E-state index in [0.29, 0.717) is 10.6 Å². The van der Waals surface area contributed by atoms with E-state index in [4.69, 9.17) is 23.1 Å². The quantitative estimate of drug-likeness (QED) is 0.772. The first-order valence-electron chi connectivity index (χ1n) is 7.51. The van der Waals surface area contributed by atoms with E-state index in [1.807, 2.05) is 0 Å². The largest absolute Gasteiger partial charge is 0.434 e. The summed E-state index contributed by atoms with van der Waals surface area (Å²) in [5.74, 6) is 0. The maximum atomic E-state index is 12.7. The molecule has 2 heterocycles. The molecular weight excluding hydrogens is 387 g/mol. The van der Waals surface area contributed by atoms with Gasteiger partial charge >= 0.3 is 6.18 Å². The number of alkyl halides is 3. The zero-order valence-corrected chi connectivity index (χ0v) is 15.2. The molecule has 1 aromatic heterocycles. The van der Waals surface area contributed by atoms with Crippen LogP contribution in [0.1, 0.15) is 18.2 Å². The van der Waals surface area contributed by atoms with Crippen molar-refractivity contribution < 1.29 is 13.2 Å². The molecule has 2 aromatic rings. The maximum absolute atomic E-state index is 12.7. The topological polar surface area (TPSA) is 89.6 Å². The Labute approximate surface area is 156 Å². The van der Waals surface area contributed by atoms with Gasteiger partial charge in [-0.05, 0) is 24.1 Å². The van der Waals surface area contributed by atoms with Crippen LogP contribution in [0, 0.1) is 0 Å². The number of hydrogen-bond acceptors (Lipinski definition) is 6. The highest BCUT2D eigenvalue weighted by Gasteiger charge is 2.44. The number of nitrogens with zero attached hydrogens (tertiary/aromatic N) is 3. The van der Waals surface area contributed by atoms with E-state index in [0.717, 1.165) is 22.3 Å². The summed E-state index contributed by atoms with van der Waals surface area (Å²) in [6.07, 6.45) is -2.70. The van der Waals surface area contributed by atoms with Crippen molar-refractivity contribution >= 4 is 34.4 Å². The minimum Gasteiger partial charge on any atom is -0.318 e. The van der Waals surface area contributed by atoms with Gasteiger partial charge in [-0.2, -0.15) is 13.2 Å². The monoisotopic (exact) mass is 401 g/mol. The van der Waals surface area contributed by atoms with Crippen LogP contribution in [0.3, 0.4) is 0 Å². The zero-order chi connectivity index (χ0) is 19.2. The molecule has 10 heteroatoms. The Hall–Kier alpha value is -1.81. The molecule has 1 aliphatic rings. The van der Waals surface area contributed by atoms with Gasteiger partial charge in [0.1, 0.15) is 10.7 Å². The highest BCUT2D eigenvalue weighted by Crippen LogP contribution is 2.34. The van der Waals surface area contributed by atoms with Crippen molar-refractivity contribution in [2.24, 2.45) is 21.5 Å². The van der Waals surface area contributed by atoms with Crippen LogP contribution in [0.2, 0.25) is 0 Å². The van der Waals surface area contributed by atoms with Gasteiger partial charge in [-0.25, -0.2) is 15.0 Å². The van der Waals surface area contributed by atoms with Crippen molar-refractivity contribution in [3.63, 3.8) is 0 Å². The average Bonchev–Trinajstić information content (AvgIpc) is 3.02. The molecule has 138 valence electrons. The van der Waals surface area contributed by atoms with E-state index in [-0.39, 0.29) is 11.7 Å². The molecule has 26 heavy (non-hydrogen) atoms. The molecule has 2 atom stereocenters. The molecule has 0 fully saturated rings. The van der Waals surface area contributed by atoms with Crippen molar-refractivity contribution in [2.75, 3.05) is 0 Å². The van der Waals surface area contributed by atoms with E-state index in [1.165, 1.54) is 6.21 Å². The number of halogens is 4. The molecule has 2 unspecified atom stereocenters. The molecule has 0 saturated carbocycles. The normalized spacial score (nSPS) is 26.0. The van der Waals surface area contributed by atoms with Gasteiger partial charge < -0.3 is 11.5 Å². The molecule has 0 amide bonds. The number of thiazole rings is 1. The van der Waals surface area contributed by atoms with Crippen LogP contribution >= 0.6 is 22.9 Å². The van der Waals surface area contributed by atoms with E-state index < -0.39 is 23.1 Å². The lowest BCUT2D eigenvalue weighted by Crippen LogP contribution is -2.66. The standard InChI is InChI=1S/C16H15ClF3N5S/c1-14(21)8-23-13(17)25-15(14,22)6-9-2-4-10(5-3-9)12-24-11(7-26-12)16(18,19)20/h2-5,7-8H,6,21-22H2,1H3. The average molecular weight is 402 g/mol. The first-order chi connectivity index (χ1) is 12.0. The molecule has 4 N–H and O–H groups in total. The van der Waals surface area contributed by atoms with Gasteiger partial charge in [-0.1, -0.05) is 24.3 Å². The van der Waals surface area contributed by atoms with Crippen molar-refractivity contribution in [1.82, 2.24) is 4.98 Å². The van der Waals surface area contributed by atoms with E-state index >= 15 is 0 Å². The van der Waals surface area contributed by atoms with Crippen LogP contribution in [0.4, 0.5) is 13.2 Å². The van der Waals surface area contributed by atoms with Crippen LogP contribution in [0.25, 0.3) is 10.6 Å². The summed E-state index contributed by atoms with van der Waals surface area (Å²) in [7, 11) is 0. The molecule has 5 nitrogen and oxygen atoms in total. The lowest BCUT2D eigenvalue weighted by Gasteiger charge is -2.39. The fraction of sp³-hybridized carbons (Fsp3) is 0.312. The molecular formula is C16H15ClF3N5S. The minimum atomic E-state index is -4.45. The van der Waals surface area contributed by atoms with Crippen molar-refractivity contribution in [3.05, 3.63) is 40.9 Å². The number of amidine groups is 1. The Morgan fingerprint density at radius 1 is 1.19 bits per heavy atom. The third kappa shape index (κ3) is 3.66. The summed E-state index contributed by atoms with van der Waals surface area (Å²) >= 11 is 6.79. The predicted molar refractivity (Wildman–Crippen MR) is 97.5 cm³/mol. The molecule has 1 aromatic carbocycles. The van der Waals surface area contributed by atoms with Gasteiger partial charge in [0, 0.05) is 23.6 Å². The highest BCUT2D eigenvalue weighted by molar-refractivity contribution is 7.13. The fourth-order valence-electron chi connectivity index (χ4n) is 2.46. The molecule has 0 spiro atoms. The Bertz CT molecular complexity index is 873. The lowest BCUT2D eigenvalue weighted by molar-refractivity contribution is -0.140. The number of aliphatic imine (C=N–C) groups is 2. The second-order valence-electron chi connectivity index (χ2n) is 6.26. The Kier molecular flexibility index (Phi) is 4.68. The van der Waals surface area contributed by atoms with E-state index in [9.17, 15) is 13.2 Å². The summed E-state index contributed by atoms with van der Waals surface area (Å²) in [6.45, 7) is 1.70. The minimum absolute atomic E-state index is 0.0227. The van der Waals surface area contributed by atoms with Crippen LogP contribution in [0.15, 0.2) is 39.6 Å². The SMILES string of the molecule is CC1(N)C=NC(Cl)=NC1(N)Cc1ccc(-c2nc(C(F)(F)F)cs2)cc1. The van der Waals surface area contributed by atoms with Crippen LogP contribution < -0.4 is 11.5 Å². The van der Waals surface area contributed by atoms with Gasteiger partial charge in [0.25, 0.3) is 0 Å². The number of aromatic nitrogens is 1. The third-order valence-electron chi connectivity index (χ3n) is 4.13. The van der Waals surface area contributed by atoms with Crippen molar-refractivity contribution in [1.29, 1.82) is 0 Å². The number of nitrogens with two attached hydrogens (primary N) is 2. The number of benzene rings is 1. The summed E-state index contributed by atoms with van der Waals surface area (Å²) in [4.78, 5) is 11.7. The second kappa shape index (κ2) is 6.41. The summed E-state index contributed by atoms with van der Waals surface area (Å²) in [5, 5.41) is 1.31. The number of hydrogen-bond donors (Lipinski definition) is 2. The Morgan fingerprint density at radius 2 is 1.85 bits per heavy atom. The highest BCUT2D eigenvalue weighted by atomic mass is 35.5. The Balaban J connectivity index is 1.82. The first kappa shape index (κ1) is 19.0. The van der Waals surface area contributed by atoms with Crippen molar-refractivity contribution in [2.45, 2.75) is 30.7 Å². The summed E-state index contributed by atoms with van der Waals surface area (Å²) < 4.78 is 38.0. The number of rotatable bonds is 3. The molecule has 0 aliphatic carbocycles. The zero-order valence-electron chi connectivity index (χ0n) is 13.6. The fourth-order valence-corrected chi connectivity index (χ4v) is 3.49. The van der Waals surface area contributed by atoms with Gasteiger partial charge in [-0.15, -0.1) is 11.3 Å². The van der Waals surface area contributed by atoms with Crippen molar-refractivity contribution in [3.8, 4) is 10.6 Å². The molecule has 0 saturated heterocycles. The summed E-state index contributed by atoms with van der Waals surface area (Å²) in [6, 6.07) is 6.88. The van der Waals surface area contributed by atoms with Gasteiger partial charge in [-0.3, -0.25) is 0 Å². The molecule has 3 rings (SSSR count). The van der Waals surface area contributed by atoms with Crippen LogP contribution in [-0.2, 0) is 12.6 Å². The maximum Gasteiger partial charge on any atom is 0.434 e. The van der Waals surface area contributed by atoms with Gasteiger partial charge in [0.15, 0.2) is 5.69 Å².